The Balaban J connectivity index is 2.05. The highest BCUT2D eigenvalue weighted by Crippen LogP contribution is 2.31. The highest BCUT2D eigenvalue weighted by molar-refractivity contribution is 7.10. The molecule has 0 saturated carbocycles. The van der Waals surface area contributed by atoms with Gasteiger partial charge >= 0.3 is 0 Å². The van der Waals surface area contributed by atoms with E-state index in [0.717, 1.165) is 0 Å². The van der Waals surface area contributed by atoms with Gasteiger partial charge in [-0.1, -0.05) is 19.4 Å². The summed E-state index contributed by atoms with van der Waals surface area (Å²) in [6, 6.07) is 5.81. The summed E-state index contributed by atoms with van der Waals surface area (Å²) in [7, 11) is 2.09. The summed E-state index contributed by atoms with van der Waals surface area (Å²) in [5, 5.41) is 5.64. The minimum atomic E-state index is 0.649. The van der Waals surface area contributed by atoms with Gasteiger partial charge < -0.3 is 5.32 Å². The van der Waals surface area contributed by atoms with Gasteiger partial charge in [0.15, 0.2) is 0 Å². The molecule has 0 bridgehead atoms. The maximum absolute atomic E-state index is 3.44. The summed E-state index contributed by atoms with van der Waals surface area (Å²) in [5.74, 6) is 0. The molecule has 1 N–H and O–H groups in total. The van der Waals surface area contributed by atoms with E-state index >= 15 is 0 Å². The molecule has 1 aromatic rings. The van der Waals surface area contributed by atoms with Gasteiger partial charge in [-0.3, -0.25) is 4.90 Å². The first-order valence-electron chi connectivity index (χ1n) is 6.80. The molecule has 0 radical (unpaired) electrons. The average Bonchev–Trinajstić information content (AvgIpc) is 2.89. The monoisotopic (exact) mass is 252 g/mol. The molecule has 2 unspecified atom stereocenters. The fourth-order valence-corrected chi connectivity index (χ4v) is 3.68. The zero-order valence-corrected chi connectivity index (χ0v) is 11.8. The minimum Gasteiger partial charge on any atom is -0.316 e. The van der Waals surface area contributed by atoms with Gasteiger partial charge in [-0.2, -0.15) is 0 Å². The molecule has 2 heterocycles. The summed E-state index contributed by atoms with van der Waals surface area (Å²) in [5.41, 5.74) is 0. The van der Waals surface area contributed by atoms with Gasteiger partial charge in [-0.05, 0) is 44.3 Å². The molecule has 3 heteroatoms. The molecular weight excluding hydrogens is 228 g/mol. The van der Waals surface area contributed by atoms with Crippen molar-refractivity contribution in [2.24, 2.45) is 0 Å². The lowest BCUT2D eigenvalue weighted by Gasteiger charge is -2.38. The number of hydrogen-bond donors (Lipinski definition) is 1. The normalized spacial score (nSPS) is 23.8. The molecule has 1 aromatic heterocycles. The molecule has 2 nitrogen and oxygen atoms in total. The van der Waals surface area contributed by atoms with E-state index in [1.165, 1.54) is 38.8 Å². The predicted octanol–water partition coefficient (Wildman–Crippen LogP) is 3.27. The summed E-state index contributed by atoms with van der Waals surface area (Å²) in [4.78, 5) is 4.23. The third-order valence-electron chi connectivity index (χ3n) is 3.74. The number of nitrogens with zero attached hydrogens (tertiary/aromatic N) is 1. The van der Waals surface area contributed by atoms with Crippen molar-refractivity contribution >= 4 is 11.3 Å². The smallest absolute Gasteiger partial charge is 0.0442 e. The van der Waals surface area contributed by atoms with Crippen LogP contribution in [0.2, 0.25) is 0 Å². The Morgan fingerprint density at radius 2 is 2.47 bits per heavy atom. The van der Waals surface area contributed by atoms with Crippen molar-refractivity contribution in [1.29, 1.82) is 0 Å². The summed E-state index contributed by atoms with van der Waals surface area (Å²) in [6.45, 7) is 4.76. The molecule has 0 spiro atoms. The Morgan fingerprint density at radius 3 is 3.12 bits per heavy atom. The van der Waals surface area contributed by atoms with Crippen LogP contribution in [-0.2, 0) is 0 Å². The summed E-state index contributed by atoms with van der Waals surface area (Å²) < 4.78 is 0. The Labute approximate surface area is 109 Å². The third-order valence-corrected chi connectivity index (χ3v) is 4.71. The summed E-state index contributed by atoms with van der Waals surface area (Å²) in [6.07, 6.45) is 5.22. The van der Waals surface area contributed by atoms with E-state index in [1.807, 2.05) is 11.3 Å². The summed E-state index contributed by atoms with van der Waals surface area (Å²) >= 11 is 1.91. The molecule has 96 valence electrons. The van der Waals surface area contributed by atoms with Crippen LogP contribution in [-0.4, -0.2) is 31.1 Å². The maximum Gasteiger partial charge on any atom is 0.0442 e. The largest absolute Gasteiger partial charge is 0.316 e. The van der Waals surface area contributed by atoms with Crippen LogP contribution in [0.1, 0.15) is 43.5 Å². The highest BCUT2D eigenvalue weighted by atomic mass is 32.1. The van der Waals surface area contributed by atoms with Gasteiger partial charge in [0.25, 0.3) is 0 Å². The molecular formula is C14H24N2S. The molecule has 1 aliphatic rings. The molecule has 2 rings (SSSR count). The molecule has 0 aromatic carbocycles. The molecule has 0 aliphatic carbocycles. The Bertz CT molecular complexity index is 310. The lowest BCUT2D eigenvalue weighted by molar-refractivity contribution is 0.134. The van der Waals surface area contributed by atoms with E-state index in [-0.39, 0.29) is 0 Å². The van der Waals surface area contributed by atoms with Crippen molar-refractivity contribution in [2.45, 2.75) is 44.7 Å². The van der Waals surface area contributed by atoms with Gasteiger partial charge in [0, 0.05) is 23.5 Å². The lowest BCUT2D eigenvalue weighted by Crippen LogP contribution is -2.45. The van der Waals surface area contributed by atoms with Crippen LogP contribution in [0.5, 0.6) is 0 Å². The number of rotatable bonds is 5. The molecule has 1 saturated heterocycles. The third kappa shape index (κ3) is 3.30. The number of piperidine rings is 1. The van der Waals surface area contributed by atoms with E-state index in [0.29, 0.717) is 12.1 Å². The zero-order valence-electron chi connectivity index (χ0n) is 11.0. The average molecular weight is 252 g/mol. The number of likely N-dealkylation sites (N-methyl/N-ethyl adjacent to an activating group) is 1. The van der Waals surface area contributed by atoms with Gasteiger partial charge in [0.1, 0.15) is 0 Å². The van der Waals surface area contributed by atoms with Crippen LogP contribution in [0, 0.1) is 0 Å². The van der Waals surface area contributed by atoms with E-state index < -0.39 is 0 Å². The second kappa shape index (κ2) is 6.53. The van der Waals surface area contributed by atoms with Crippen LogP contribution in [0.3, 0.4) is 0 Å². The quantitative estimate of drug-likeness (QED) is 0.865. The van der Waals surface area contributed by atoms with Crippen LogP contribution in [0.25, 0.3) is 0 Å². The second-order valence-electron chi connectivity index (χ2n) is 4.94. The van der Waals surface area contributed by atoms with Gasteiger partial charge in [0.05, 0.1) is 0 Å². The van der Waals surface area contributed by atoms with Crippen LogP contribution in [0.4, 0.5) is 0 Å². The zero-order chi connectivity index (χ0) is 12.1. The van der Waals surface area contributed by atoms with E-state index in [1.54, 1.807) is 4.88 Å². The number of likely N-dealkylation sites (tertiary alicyclic amines) is 1. The lowest BCUT2D eigenvalue weighted by atomic mass is 10.0. The Kier molecular flexibility index (Phi) is 5.01. The molecule has 17 heavy (non-hydrogen) atoms. The first-order chi connectivity index (χ1) is 8.35. The van der Waals surface area contributed by atoms with Gasteiger partial charge in [0.2, 0.25) is 0 Å². The number of nitrogens with one attached hydrogen (secondary N) is 1. The molecule has 1 fully saturated rings. The van der Waals surface area contributed by atoms with Gasteiger partial charge in [-0.25, -0.2) is 0 Å². The van der Waals surface area contributed by atoms with Crippen molar-refractivity contribution in [3.8, 4) is 0 Å². The first-order valence-corrected chi connectivity index (χ1v) is 7.67. The molecule has 1 aliphatic heterocycles. The maximum atomic E-state index is 3.44. The Hall–Kier alpha value is -0.380. The fourth-order valence-electron chi connectivity index (χ4n) is 2.78. The second-order valence-corrected chi connectivity index (χ2v) is 5.92. The van der Waals surface area contributed by atoms with E-state index in [9.17, 15) is 0 Å². The molecule has 2 atom stereocenters. The van der Waals surface area contributed by atoms with Crippen molar-refractivity contribution in [1.82, 2.24) is 10.2 Å². The highest BCUT2D eigenvalue weighted by Gasteiger charge is 2.26. The van der Waals surface area contributed by atoms with Crippen molar-refractivity contribution in [3.63, 3.8) is 0 Å². The standard InChI is InChI=1S/C14H24N2S/c1-3-6-13(14-8-5-10-17-14)16-9-4-7-12(11-16)15-2/h5,8,10,12-13,15H,3-4,6-7,9,11H2,1-2H3. The topological polar surface area (TPSA) is 15.3 Å². The van der Waals surface area contributed by atoms with E-state index in [2.05, 4.69) is 41.7 Å². The first kappa shape index (κ1) is 13.1. The predicted molar refractivity (Wildman–Crippen MR) is 75.6 cm³/mol. The van der Waals surface area contributed by atoms with Crippen LogP contribution >= 0.6 is 11.3 Å². The van der Waals surface area contributed by atoms with Crippen LogP contribution in [0.15, 0.2) is 17.5 Å². The van der Waals surface area contributed by atoms with E-state index in [4.69, 9.17) is 0 Å². The molecule has 0 amide bonds. The Morgan fingerprint density at radius 1 is 1.59 bits per heavy atom. The van der Waals surface area contributed by atoms with Crippen LogP contribution < -0.4 is 5.32 Å². The van der Waals surface area contributed by atoms with Crippen molar-refractivity contribution in [3.05, 3.63) is 22.4 Å². The fraction of sp³-hybridized carbons (Fsp3) is 0.714. The SMILES string of the molecule is CCCC(c1cccs1)N1CCCC(NC)C1. The number of hydrogen-bond acceptors (Lipinski definition) is 3. The van der Waals surface area contributed by atoms with Crippen molar-refractivity contribution < 1.29 is 0 Å². The minimum absolute atomic E-state index is 0.649. The number of thiophene rings is 1. The van der Waals surface area contributed by atoms with Crippen molar-refractivity contribution in [2.75, 3.05) is 20.1 Å². The van der Waals surface area contributed by atoms with Gasteiger partial charge in [-0.15, -0.1) is 11.3 Å².